The Bertz CT molecular complexity index is 3930. The summed E-state index contributed by atoms with van der Waals surface area (Å²) in [6, 6.07) is 9.31. The fourth-order valence-electron chi connectivity index (χ4n) is 15.6. The normalized spacial score (nSPS) is 20.5. The molecule has 3 saturated heterocycles. The maximum Gasteiger partial charge on any atom is 0.410 e. The van der Waals surface area contributed by atoms with Gasteiger partial charge < -0.3 is 113 Å². The Balaban J connectivity index is 0.833. The zero-order valence-corrected chi connectivity index (χ0v) is 73.8. The molecule has 5 heterocycles. The lowest BCUT2D eigenvalue weighted by Crippen LogP contribution is -2.61. The minimum Gasteiger partial charge on any atom is -0.479 e. The number of aromatic nitrogens is 3. The summed E-state index contributed by atoms with van der Waals surface area (Å²) in [6.45, 7) is 23.6. The minimum absolute atomic E-state index is 0.0319. The summed E-state index contributed by atoms with van der Waals surface area (Å²) in [6.07, 6.45) is -7.55. The molecule has 17 atom stereocenters. The van der Waals surface area contributed by atoms with Crippen molar-refractivity contribution in [1.29, 1.82) is 0 Å². The van der Waals surface area contributed by atoms with Gasteiger partial charge in [-0.1, -0.05) is 117 Å². The van der Waals surface area contributed by atoms with E-state index < -0.39 is 127 Å². The molecule has 8 N–H and O–H groups in total. The molecule has 8 amide bonds. The molecule has 3 fully saturated rings. The number of hydrogen-bond donors (Lipinski definition) is 8. The number of fused-ring (bicyclic) bond motifs is 1. The highest BCUT2D eigenvalue weighted by molar-refractivity contribution is 6.03. The van der Waals surface area contributed by atoms with Crippen LogP contribution in [0.1, 0.15) is 149 Å². The third kappa shape index (κ3) is 29.9. The number of likely N-dealkylation sites (N-methyl/N-ethyl adjacent to an activating group) is 2. The number of imide groups is 1. The summed E-state index contributed by atoms with van der Waals surface area (Å²) < 4.78 is 76.7. The van der Waals surface area contributed by atoms with Crippen LogP contribution in [0.15, 0.2) is 59.1 Å². The van der Waals surface area contributed by atoms with Gasteiger partial charge in [-0.25, -0.2) is 14.3 Å². The first-order valence-electron chi connectivity index (χ1n) is 42.9. The minimum atomic E-state index is -2.00. The van der Waals surface area contributed by atoms with Crippen molar-refractivity contribution in [2.75, 3.05) is 134 Å². The van der Waals surface area contributed by atoms with E-state index in [1.807, 2.05) is 39.0 Å². The van der Waals surface area contributed by atoms with Crippen LogP contribution in [-0.2, 0) is 117 Å². The van der Waals surface area contributed by atoms with E-state index in [9.17, 15) is 68.7 Å². The van der Waals surface area contributed by atoms with Gasteiger partial charge in [-0.15, -0.1) is 5.10 Å². The molecule has 7 rings (SSSR count). The second kappa shape index (κ2) is 51.9. The van der Waals surface area contributed by atoms with Gasteiger partial charge in [-0.05, 0) is 67.2 Å². The number of rotatable bonds is 57. The molecule has 2 unspecified atom stereocenters. The Hall–Kier alpha value is -8.41. The molecule has 690 valence electrons. The van der Waals surface area contributed by atoms with Crippen molar-refractivity contribution in [2.45, 2.75) is 226 Å². The van der Waals surface area contributed by atoms with Gasteiger partial charge in [0.1, 0.15) is 59.8 Å². The van der Waals surface area contributed by atoms with E-state index >= 15 is 0 Å². The van der Waals surface area contributed by atoms with Gasteiger partial charge >= 0.3 is 12.1 Å². The first-order chi connectivity index (χ1) is 58.9. The molecule has 37 nitrogen and oxygen atoms in total. The lowest BCUT2D eigenvalue weighted by molar-refractivity contribution is -0.270. The zero-order chi connectivity index (χ0) is 90.0. The second-order valence-electron chi connectivity index (χ2n) is 32.4. The quantitative estimate of drug-likeness (QED) is 0.0225. The zero-order valence-electron chi connectivity index (χ0n) is 73.8. The van der Waals surface area contributed by atoms with Crippen LogP contribution in [0.25, 0.3) is 11.0 Å². The Morgan fingerprint density at radius 2 is 1.35 bits per heavy atom. The lowest BCUT2D eigenvalue weighted by Gasteiger charge is -2.41. The lowest BCUT2D eigenvalue weighted by atomic mass is 9.89. The van der Waals surface area contributed by atoms with Gasteiger partial charge in [0.25, 0.3) is 0 Å². The molecule has 123 heavy (non-hydrogen) atoms. The number of likely N-dealkylation sites (tertiary alicyclic amines) is 2. The number of aryl methyl sites for hydroxylation is 1. The van der Waals surface area contributed by atoms with Crippen molar-refractivity contribution in [1.82, 2.24) is 50.5 Å². The number of nitrogens with one attached hydrogen (secondary N) is 3. The van der Waals surface area contributed by atoms with E-state index in [2.05, 4.69) is 33.2 Å². The molecule has 0 saturated carbocycles. The summed E-state index contributed by atoms with van der Waals surface area (Å²) >= 11 is 0. The average Bonchev–Trinajstić information content (AvgIpc) is 1.68. The van der Waals surface area contributed by atoms with Crippen molar-refractivity contribution in [3.63, 3.8) is 0 Å². The summed E-state index contributed by atoms with van der Waals surface area (Å²) in [5, 5.41) is 69.8. The largest absolute Gasteiger partial charge is 0.479 e. The fourth-order valence-corrected chi connectivity index (χ4v) is 15.6. The Morgan fingerprint density at radius 3 is 1.96 bits per heavy atom. The van der Waals surface area contributed by atoms with Crippen LogP contribution in [0.5, 0.6) is 5.75 Å². The van der Waals surface area contributed by atoms with Gasteiger partial charge in [0, 0.05) is 72.1 Å². The van der Waals surface area contributed by atoms with Gasteiger partial charge in [0.05, 0.1) is 166 Å². The number of carbonyl (C=O) groups excluding carboxylic acids is 8. The third-order valence-electron chi connectivity index (χ3n) is 22.8. The number of carboxylic acid groups (broad SMARTS) is 1. The summed E-state index contributed by atoms with van der Waals surface area (Å²) in [5.41, 5.74) is 1.65. The van der Waals surface area contributed by atoms with Crippen molar-refractivity contribution in [2.24, 2.45) is 35.5 Å². The predicted octanol–water partition coefficient (Wildman–Crippen LogP) is 4.36. The Labute approximate surface area is 720 Å². The number of carbonyl (C=O) groups is 9. The molecule has 37 heteroatoms. The van der Waals surface area contributed by atoms with E-state index in [4.69, 9.17) is 61.3 Å². The highest BCUT2D eigenvalue weighted by Crippen LogP contribution is 2.37. The number of nitrogens with zero attached hydrogens (tertiary/aromatic N) is 7. The second-order valence-corrected chi connectivity index (χ2v) is 32.4. The fraction of sp³-hybridized carbons (Fsp3) is 0.709. The molecule has 3 aliphatic heterocycles. The van der Waals surface area contributed by atoms with Gasteiger partial charge in [0.2, 0.25) is 47.6 Å². The van der Waals surface area contributed by atoms with Crippen LogP contribution in [-0.4, -0.2) is 321 Å². The number of furan rings is 1. The summed E-state index contributed by atoms with van der Waals surface area (Å²) in [5.74, 6) is -5.76. The first kappa shape index (κ1) is 102. The maximum absolute atomic E-state index is 15.0. The van der Waals surface area contributed by atoms with Crippen LogP contribution in [0.3, 0.4) is 0 Å². The van der Waals surface area contributed by atoms with Crippen molar-refractivity contribution >= 4 is 64.4 Å². The predicted molar refractivity (Wildman–Crippen MR) is 444 cm³/mol. The Kier molecular flexibility index (Phi) is 42.9. The number of aliphatic carboxylic acids is 1. The molecule has 3 aliphatic rings. The average molecular weight is 1740 g/mol. The third-order valence-corrected chi connectivity index (χ3v) is 22.8. The van der Waals surface area contributed by atoms with Crippen LogP contribution in [0.2, 0.25) is 0 Å². The number of benzene rings is 2. The number of aliphatic hydroxyl groups excluding tert-OH is 4. The summed E-state index contributed by atoms with van der Waals surface area (Å²) in [4.78, 5) is 128. The molecule has 2 aromatic heterocycles. The standard InChI is InChI=1S/C86H134N10O27/c1-15-21-55(8)62-47-68(98)96(82(62)106)32-35-115-38-41-117-42-43-118-44-45-119-51-60-49-94(91-90-60)31-34-114-37-40-116-39-36-113-33-29-87-67(97)28-26-61-46-63-65(122-85-76(103)74(101)75(102)79(123-85)84(108)109)27-25-59(78(63)121-61)50-120-86(110)93(12)71(53(5)6)81(105)89-70(52(3)4)83(107)92(11)72(54(7)16-2)66(111-13)48-69(99)95-30-20-24-64(95)77(112-14)56(9)80(104)88-57(10)73(100)58-22-18-17-19-23-58/h17-19,22-23,25,27,46,49,52-57,62,64,66,70-77,79,85,100-103H,15-16,20-21,24,26,28-45,47-48,50-51H2,1-14H3,(H,87,97)(H,88,104)(H,89,105)(H,108,109)/t54-,55?,56+,57+,62?,64-,66+,70-,71-,72-,73+,74-,75-,76+,77+,79-,85+/m0/s1. The van der Waals surface area contributed by atoms with Gasteiger partial charge in [-0.3, -0.25) is 43.4 Å². The highest BCUT2D eigenvalue weighted by Gasteiger charge is 2.49. The van der Waals surface area contributed by atoms with E-state index in [0.29, 0.717) is 103 Å². The number of ether oxygens (including phenoxy) is 12. The number of aliphatic hydroxyl groups is 4. The molecule has 0 radical (unpaired) electrons. The molecular weight excluding hydrogens is 1600 g/mol. The van der Waals surface area contributed by atoms with Crippen molar-refractivity contribution in [3.8, 4) is 5.75 Å². The van der Waals surface area contributed by atoms with Crippen LogP contribution >= 0.6 is 0 Å². The molecular formula is C86H134N10O27. The van der Waals surface area contributed by atoms with E-state index in [1.165, 1.54) is 49.3 Å². The molecule has 0 spiro atoms. The summed E-state index contributed by atoms with van der Waals surface area (Å²) in [7, 11) is 5.98. The highest BCUT2D eigenvalue weighted by atomic mass is 16.7. The van der Waals surface area contributed by atoms with Gasteiger partial charge in [-0.2, -0.15) is 0 Å². The van der Waals surface area contributed by atoms with E-state index in [-0.39, 0.29) is 147 Å². The smallest absolute Gasteiger partial charge is 0.410 e. The van der Waals surface area contributed by atoms with Gasteiger partial charge in [0.15, 0.2) is 6.10 Å². The molecule has 2 aromatic carbocycles. The van der Waals surface area contributed by atoms with Crippen LogP contribution in [0.4, 0.5) is 4.79 Å². The number of carboxylic acids is 1. The molecule has 0 aliphatic carbocycles. The number of amides is 8. The molecule has 0 bridgehead atoms. The SMILES string of the molecule is CCCC(C)C1CC(=O)N(CCOCCOCCOCCOCc2cn(CCOCCOCCOCCNC(=O)CCc3cc4c(O[C@@H]5O[C@H](C(=O)O)[C@@H](O)[C@H](O)[C@H]5O)ccc(COC(=O)N(C)[C@H](C(=O)N[C@H](C(=O)N(C)[C@@H]([C@@H](C)CC)[C@@H](CC(=O)N5CCC[C@H]5[C@H](OC)[C@@H](C)C(=O)N[C@H](C)[C@@H](O)c5ccccc5)OC)C(C)C)C(C)C)c4o3)nn2)C1=O. The first-order valence-corrected chi connectivity index (χ1v) is 42.9. The monoisotopic (exact) mass is 1740 g/mol. The van der Waals surface area contributed by atoms with Crippen LogP contribution < -0.4 is 20.7 Å². The Morgan fingerprint density at radius 1 is 0.715 bits per heavy atom. The number of methoxy groups -OCH3 is 2. The molecule has 4 aromatic rings. The van der Waals surface area contributed by atoms with Crippen molar-refractivity contribution < 1.29 is 130 Å². The van der Waals surface area contributed by atoms with E-state index in [0.717, 1.165) is 17.7 Å². The van der Waals surface area contributed by atoms with E-state index in [1.54, 1.807) is 76.5 Å². The topological polar surface area (TPSA) is 458 Å². The van der Waals surface area contributed by atoms with Crippen molar-refractivity contribution in [3.05, 3.63) is 77.3 Å². The number of hydrogen-bond acceptors (Lipinski definition) is 28. The van der Waals surface area contributed by atoms with Crippen LogP contribution in [0, 0.1) is 35.5 Å². The maximum atomic E-state index is 15.0.